The van der Waals surface area contributed by atoms with Crippen molar-refractivity contribution in [3.05, 3.63) is 35.4 Å². The molecular weight excluding hydrogens is 496 g/mol. The Labute approximate surface area is 188 Å². The molecule has 0 heterocycles. The Morgan fingerprint density at radius 3 is 2.45 bits per heavy atom. The summed E-state index contributed by atoms with van der Waals surface area (Å²) in [6, 6.07) is 4.81. The first-order valence-corrected chi connectivity index (χ1v) is 9.22. The molecule has 0 atom stereocenters. The molecule has 1 aromatic carbocycles. The fraction of sp³-hybridized carbons (Fsp3) is 0.550. The molecule has 9 heteroatoms. The summed E-state index contributed by atoms with van der Waals surface area (Å²) in [4.78, 5) is 6.68. The van der Waals surface area contributed by atoms with E-state index in [4.69, 9.17) is 4.74 Å². The Morgan fingerprint density at radius 2 is 1.86 bits per heavy atom. The van der Waals surface area contributed by atoms with Crippen LogP contribution in [-0.4, -0.2) is 64.3 Å². The van der Waals surface area contributed by atoms with Gasteiger partial charge in [-0.3, -0.25) is 4.99 Å². The number of halogens is 4. The van der Waals surface area contributed by atoms with Gasteiger partial charge in [-0.15, -0.1) is 24.0 Å². The summed E-state index contributed by atoms with van der Waals surface area (Å²) in [6.45, 7) is 6.21. The number of rotatable bonds is 9. The molecule has 2 N–H and O–H groups in total. The molecule has 0 radical (unpaired) electrons. The van der Waals surface area contributed by atoms with Crippen LogP contribution in [0.2, 0.25) is 0 Å². The maximum Gasteiger partial charge on any atom is 0.416 e. The topological polar surface area (TPSA) is 48.9 Å². The van der Waals surface area contributed by atoms with Gasteiger partial charge in [0, 0.05) is 38.9 Å². The van der Waals surface area contributed by atoms with E-state index in [0.717, 1.165) is 44.8 Å². The summed E-state index contributed by atoms with van der Waals surface area (Å²) in [7, 11) is 3.74. The number of likely N-dealkylation sites (N-methyl/N-ethyl adjacent to an activating group) is 1. The number of ether oxygens (including phenoxy) is 1. The van der Waals surface area contributed by atoms with Crippen LogP contribution >= 0.6 is 24.0 Å². The quantitative estimate of drug-likeness (QED) is 0.171. The van der Waals surface area contributed by atoms with Crippen LogP contribution in [0.1, 0.15) is 24.5 Å². The Bertz CT molecular complexity index is 654. The maximum atomic E-state index is 12.5. The van der Waals surface area contributed by atoms with E-state index in [1.807, 2.05) is 14.0 Å². The molecule has 0 saturated carbocycles. The molecule has 1 aromatic rings. The van der Waals surface area contributed by atoms with Crippen LogP contribution in [-0.2, 0) is 10.9 Å². The molecule has 0 bridgehead atoms. The highest BCUT2D eigenvalue weighted by Crippen LogP contribution is 2.28. The van der Waals surface area contributed by atoms with Crippen LogP contribution in [0, 0.1) is 11.8 Å². The standard InChI is InChI=1S/C20H29F3N4O.HI/c1-4-24-19(26-13-15-27(2)14-6-16-28-3)25-12-5-7-17-8-10-18(11-9-17)20(21,22)23;/h8-11H,4,6,12-16H2,1-3H3,(H2,24,25,26);1H. The predicted octanol–water partition coefficient (Wildman–Crippen LogP) is 3.20. The number of hydrogen-bond acceptors (Lipinski definition) is 3. The molecule has 0 unspecified atom stereocenters. The lowest BCUT2D eigenvalue weighted by Crippen LogP contribution is -2.38. The molecule has 0 fully saturated rings. The van der Waals surface area contributed by atoms with Gasteiger partial charge in [-0.1, -0.05) is 11.8 Å². The van der Waals surface area contributed by atoms with Crippen molar-refractivity contribution in [2.45, 2.75) is 19.5 Å². The smallest absolute Gasteiger partial charge is 0.385 e. The first-order chi connectivity index (χ1) is 13.4. The molecular formula is C20H30F3IN4O. The second kappa shape index (κ2) is 15.3. The molecule has 0 aromatic heterocycles. The van der Waals surface area contributed by atoms with Crippen molar-refractivity contribution in [2.24, 2.45) is 4.99 Å². The number of methoxy groups -OCH3 is 1. The molecule has 1 rings (SSSR count). The third kappa shape index (κ3) is 12.6. The monoisotopic (exact) mass is 526 g/mol. The van der Waals surface area contributed by atoms with E-state index in [1.54, 1.807) is 7.11 Å². The van der Waals surface area contributed by atoms with Gasteiger partial charge in [0.15, 0.2) is 5.96 Å². The lowest BCUT2D eigenvalue weighted by Gasteiger charge is -2.15. The molecule has 0 amide bonds. The lowest BCUT2D eigenvalue weighted by atomic mass is 10.1. The van der Waals surface area contributed by atoms with Crippen LogP contribution in [0.25, 0.3) is 0 Å². The summed E-state index contributed by atoms with van der Waals surface area (Å²) >= 11 is 0. The van der Waals surface area contributed by atoms with E-state index < -0.39 is 11.7 Å². The average Bonchev–Trinajstić information content (AvgIpc) is 2.65. The predicted molar refractivity (Wildman–Crippen MR) is 122 cm³/mol. The van der Waals surface area contributed by atoms with Crippen molar-refractivity contribution in [1.29, 1.82) is 0 Å². The van der Waals surface area contributed by atoms with Crippen LogP contribution in [0.3, 0.4) is 0 Å². The molecule has 0 spiro atoms. The van der Waals surface area contributed by atoms with Gasteiger partial charge in [0.2, 0.25) is 0 Å². The average molecular weight is 526 g/mol. The molecule has 0 aliphatic heterocycles. The summed E-state index contributed by atoms with van der Waals surface area (Å²) in [5.41, 5.74) is -0.139. The minimum atomic E-state index is -4.33. The highest BCUT2D eigenvalue weighted by Gasteiger charge is 2.29. The van der Waals surface area contributed by atoms with Crippen LogP contribution in [0.4, 0.5) is 13.2 Å². The highest BCUT2D eigenvalue weighted by molar-refractivity contribution is 14.0. The van der Waals surface area contributed by atoms with Gasteiger partial charge in [0.05, 0.1) is 18.7 Å². The van der Waals surface area contributed by atoms with E-state index in [0.29, 0.717) is 24.6 Å². The number of hydrogen-bond donors (Lipinski definition) is 2. The van der Waals surface area contributed by atoms with Crippen molar-refractivity contribution in [3.63, 3.8) is 0 Å². The number of nitrogens with zero attached hydrogens (tertiary/aromatic N) is 2. The summed E-state index contributed by atoms with van der Waals surface area (Å²) in [6.07, 6.45) is -3.35. The molecule has 0 saturated heterocycles. The fourth-order valence-electron chi connectivity index (χ4n) is 2.28. The summed E-state index contributed by atoms with van der Waals surface area (Å²) in [5.74, 6) is 6.40. The van der Waals surface area contributed by atoms with Crippen molar-refractivity contribution in [1.82, 2.24) is 15.5 Å². The number of nitrogens with one attached hydrogen (secondary N) is 2. The fourth-order valence-corrected chi connectivity index (χ4v) is 2.28. The Hall–Kier alpha value is -1.51. The normalized spacial score (nSPS) is 11.5. The zero-order valence-electron chi connectivity index (χ0n) is 17.1. The van der Waals surface area contributed by atoms with E-state index >= 15 is 0 Å². The van der Waals surface area contributed by atoms with Gasteiger partial charge in [-0.05, 0) is 44.7 Å². The zero-order chi connectivity index (χ0) is 20.8. The third-order valence-corrected chi connectivity index (χ3v) is 3.77. The van der Waals surface area contributed by atoms with Crippen molar-refractivity contribution >= 4 is 29.9 Å². The highest BCUT2D eigenvalue weighted by atomic mass is 127. The SMILES string of the molecule is CCNC(=NCCN(C)CCCOC)NCC#Cc1ccc(C(F)(F)F)cc1.I. The molecule has 0 aliphatic rings. The molecule has 0 aliphatic carbocycles. The van der Waals surface area contributed by atoms with Crippen LogP contribution < -0.4 is 10.6 Å². The van der Waals surface area contributed by atoms with Crippen LogP contribution in [0.5, 0.6) is 0 Å². The maximum absolute atomic E-state index is 12.5. The van der Waals surface area contributed by atoms with Gasteiger partial charge in [0.1, 0.15) is 0 Å². The first-order valence-electron chi connectivity index (χ1n) is 9.22. The van der Waals surface area contributed by atoms with Gasteiger partial charge < -0.3 is 20.3 Å². The molecule has 164 valence electrons. The summed E-state index contributed by atoms with van der Waals surface area (Å²) in [5, 5.41) is 6.24. The van der Waals surface area contributed by atoms with E-state index in [-0.39, 0.29) is 24.0 Å². The minimum Gasteiger partial charge on any atom is -0.385 e. The number of alkyl halides is 3. The third-order valence-electron chi connectivity index (χ3n) is 3.77. The number of benzene rings is 1. The van der Waals surface area contributed by atoms with E-state index in [9.17, 15) is 13.2 Å². The Morgan fingerprint density at radius 1 is 1.17 bits per heavy atom. The van der Waals surface area contributed by atoms with E-state index in [1.165, 1.54) is 12.1 Å². The summed E-state index contributed by atoms with van der Waals surface area (Å²) < 4.78 is 42.7. The second-order valence-electron chi connectivity index (χ2n) is 6.14. The molecule has 29 heavy (non-hydrogen) atoms. The Kier molecular flexibility index (Phi) is 14.5. The van der Waals surface area contributed by atoms with E-state index in [2.05, 4.69) is 32.4 Å². The van der Waals surface area contributed by atoms with Crippen molar-refractivity contribution in [3.8, 4) is 11.8 Å². The molecule has 5 nitrogen and oxygen atoms in total. The van der Waals surface area contributed by atoms with Gasteiger partial charge >= 0.3 is 6.18 Å². The van der Waals surface area contributed by atoms with Gasteiger partial charge in [-0.25, -0.2) is 0 Å². The van der Waals surface area contributed by atoms with Gasteiger partial charge in [-0.2, -0.15) is 13.2 Å². The first kappa shape index (κ1) is 27.5. The Balaban J connectivity index is 0.00000784. The lowest BCUT2D eigenvalue weighted by molar-refractivity contribution is -0.137. The number of guanidine groups is 1. The minimum absolute atomic E-state index is 0. The second-order valence-corrected chi connectivity index (χ2v) is 6.14. The van der Waals surface area contributed by atoms with Crippen LogP contribution in [0.15, 0.2) is 29.3 Å². The van der Waals surface area contributed by atoms with Crippen molar-refractivity contribution < 1.29 is 17.9 Å². The van der Waals surface area contributed by atoms with Gasteiger partial charge in [0.25, 0.3) is 0 Å². The largest absolute Gasteiger partial charge is 0.416 e. The van der Waals surface area contributed by atoms with Crippen molar-refractivity contribution in [2.75, 3.05) is 53.5 Å². The number of aliphatic imine (C=N–C) groups is 1. The zero-order valence-corrected chi connectivity index (χ0v) is 19.4.